The van der Waals surface area contributed by atoms with E-state index in [4.69, 9.17) is 0 Å². The number of carbonyl (C=O) groups is 1. The summed E-state index contributed by atoms with van der Waals surface area (Å²) < 4.78 is 40.3. The minimum atomic E-state index is -0.892. The van der Waals surface area contributed by atoms with E-state index < -0.39 is 23.5 Å². The van der Waals surface area contributed by atoms with E-state index in [1.165, 1.54) is 18.2 Å². The van der Waals surface area contributed by atoms with Gasteiger partial charge in [-0.25, -0.2) is 18.0 Å². The minimum absolute atomic E-state index is 0.165. The van der Waals surface area contributed by atoms with Gasteiger partial charge >= 0.3 is 6.03 Å². The average Bonchev–Trinajstić information content (AvgIpc) is 3.00. The second kappa shape index (κ2) is 7.94. The van der Waals surface area contributed by atoms with Gasteiger partial charge in [-0.3, -0.25) is 5.10 Å². The number of carbonyl (C=O) groups excluding carboxylic acids is 1. The number of amides is 2. The van der Waals surface area contributed by atoms with E-state index in [9.17, 15) is 18.0 Å². The zero-order valence-electron chi connectivity index (χ0n) is 14.4. The van der Waals surface area contributed by atoms with Crippen LogP contribution in [0.1, 0.15) is 19.0 Å². The van der Waals surface area contributed by atoms with E-state index in [0.29, 0.717) is 35.1 Å². The van der Waals surface area contributed by atoms with Gasteiger partial charge in [-0.1, -0.05) is 25.5 Å². The lowest BCUT2D eigenvalue weighted by Gasteiger charge is -2.10. The standard InChI is InChI=1S/C19H17F3N4O/c1-2-4-16-18(17(26-25-16)11-5-3-6-12(20)9-11)24-19(27)23-15-8-7-13(21)10-14(15)22/h3,5-10H,2,4H2,1H3,(H,25,26)(H2,23,24,27). The molecule has 140 valence electrons. The Morgan fingerprint density at radius 3 is 2.56 bits per heavy atom. The van der Waals surface area contributed by atoms with Gasteiger partial charge in [0.25, 0.3) is 0 Å². The van der Waals surface area contributed by atoms with Crippen molar-refractivity contribution < 1.29 is 18.0 Å². The molecule has 3 aromatic rings. The number of halogens is 3. The number of hydrogen-bond donors (Lipinski definition) is 3. The summed E-state index contributed by atoms with van der Waals surface area (Å²) in [5.41, 5.74) is 1.72. The maximum absolute atomic E-state index is 13.7. The summed E-state index contributed by atoms with van der Waals surface area (Å²) in [6, 6.07) is 7.92. The first-order valence-electron chi connectivity index (χ1n) is 8.34. The molecule has 0 saturated heterocycles. The van der Waals surface area contributed by atoms with Crippen LogP contribution in [-0.2, 0) is 6.42 Å². The second-order valence-corrected chi connectivity index (χ2v) is 5.89. The van der Waals surface area contributed by atoms with Crippen LogP contribution in [0.3, 0.4) is 0 Å². The van der Waals surface area contributed by atoms with Crippen LogP contribution in [0.15, 0.2) is 42.5 Å². The molecule has 27 heavy (non-hydrogen) atoms. The van der Waals surface area contributed by atoms with Crippen molar-refractivity contribution in [1.82, 2.24) is 10.2 Å². The van der Waals surface area contributed by atoms with Gasteiger partial charge in [-0.05, 0) is 30.7 Å². The molecule has 1 heterocycles. The lowest BCUT2D eigenvalue weighted by Crippen LogP contribution is -2.21. The molecule has 8 heteroatoms. The van der Waals surface area contributed by atoms with E-state index in [0.717, 1.165) is 18.6 Å². The number of rotatable bonds is 5. The number of urea groups is 1. The number of aromatic nitrogens is 2. The highest BCUT2D eigenvalue weighted by Crippen LogP contribution is 2.30. The van der Waals surface area contributed by atoms with Crippen LogP contribution in [0.5, 0.6) is 0 Å². The Balaban J connectivity index is 1.88. The molecule has 0 fully saturated rings. The molecular formula is C19H17F3N4O. The predicted octanol–water partition coefficient (Wildman–Crippen LogP) is 5.09. The van der Waals surface area contributed by atoms with E-state index in [-0.39, 0.29) is 5.69 Å². The molecule has 2 amide bonds. The smallest absolute Gasteiger partial charge is 0.305 e. The first-order valence-corrected chi connectivity index (χ1v) is 8.34. The molecule has 0 spiro atoms. The lowest BCUT2D eigenvalue weighted by atomic mass is 10.1. The monoisotopic (exact) mass is 374 g/mol. The first kappa shape index (κ1) is 18.5. The molecular weight excluding hydrogens is 357 g/mol. The molecule has 0 bridgehead atoms. The topological polar surface area (TPSA) is 69.8 Å². The van der Waals surface area contributed by atoms with Crippen LogP contribution < -0.4 is 10.6 Å². The number of nitrogens with zero attached hydrogens (tertiary/aromatic N) is 1. The van der Waals surface area contributed by atoms with E-state index in [2.05, 4.69) is 20.8 Å². The van der Waals surface area contributed by atoms with Crippen molar-refractivity contribution in [3.05, 3.63) is 65.6 Å². The van der Waals surface area contributed by atoms with Crippen LogP contribution in [0, 0.1) is 17.5 Å². The van der Waals surface area contributed by atoms with Gasteiger partial charge in [-0.15, -0.1) is 0 Å². The lowest BCUT2D eigenvalue weighted by molar-refractivity contribution is 0.262. The highest BCUT2D eigenvalue weighted by atomic mass is 19.1. The quantitative estimate of drug-likeness (QED) is 0.582. The van der Waals surface area contributed by atoms with Crippen molar-refractivity contribution in [2.45, 2.75) is 19.8 Å². The Morgan fingerprint density at radius 2 is 1.85 bits per heavy atom. The molecule has 5 nitrogen and oxygen atoms in total. The van der Waals surface area contributed by atoms with Gasteiger partial charge < -0.3 is 10.6 Å². The van der Waals surface area contributed by atoms with Gasteiger partial charge in [0.2, 0.25) is 0 Å². The number of nitrogens with one attached hydrogen (secondary N) is 3. The van der Waals surface area contributed by atoms with Crippen LogP contribution in [0.2, 0.25) is 0 Å². The number of aryl methyl sites for hydroxylation is 1. The zero-order valence-corrected chi connectivity index (χ0v) is 14.4. The molecule has 3 N–H and O–H groups in total. The molecule has 0 aliphatic carbocycles. The number of hydrogen-bond acceptors (Lipinski definition) is 2. The Morgan fingerprint density at radius 1 is 1.07 bits per heavy atom. The summed E-state index contributed by atoms with van der Waals surface area (Å²) >= 11 is 0. The molecule has 3 rings (SSSR count). The average molecular weight is 374 g/mol. The van der Waals surface area contributed by atoms with Crippen molar-refractivity contribution in [3.63, 3.8) is 0 Å². The summed E-state index contributed by atoms with van der Waals surface area (Å²) in [7, 11) is 0. The summed E-state index contributed by atoms with van der Waals surface area (Å²) in [5, 5.41) is 12.0. The third-order valence-electron chi connectivity index (χ3n) is 3.86. The summed E-state index contributed by atoms with van der Waals surface area (Å²) in [4.78, 5) is 12.3. The molecule has 0 aliphatic heterocycles. The minimum Gasteiger partial charge on any atom is -0.305 e. The van der Waals surface area contributed by atoms with E-state index >= 15 is 0 Å². The largest absolute Gasteiger partial charge is 0.323 e. The maximum Gasteiger partial charge on any atom is 0.323 e. The Kier molecular flexibility index (Phi) is 5.44. The second-order valence-electron chi connectivity index (χ2n) is 5.89. The van der Waals surface area contributed by atoms with Crippen LogP contribution in [0.25, 0.3) is 11.3 Å². The summed E-state index contributed by atoms with van der Waals surface area (Å²) in [5.74, 6) is -2.07. The normalized spacial score (nSPS) is 10.7. The zero-order chi connectivity index (χ0) is 19.4. The van der Waals surface area contributed by atoms with Gasteiger partial charge in [0.05, 0.1) is 17.1 Å². The highest BCUT2D eigenvalue weighted by molar-refractivity contribution is 6.02. The van der Waals surface area contributed by atoms with Crippen LogP contribution in [0.4, 0.5) is 29.3 Å². The molecule has 0 saturated carbocycles. The van der Waals surface area contributed by atoms with Crippen molar-refractivity contribution in [1.29, 1.82) is 0 Å². The Labute approximate surface area is 153 Å². The van der Waals surface area contributed by atoms with Crippen molar-refractivity contribution in [3.8, 4) is 11.3 Å². The maximum atomic E-state index is 13.7. The molecule has 0 aliphatic rings. The van der Waals surface area contributed by atoms with E-state index in [1.54, 1.807) is 6.07 Å². The van der Waals surface area contributed by atoms with Crippen LogP contribution >= 0.6 is 0 Å². The molecule has 1 aromatic heterocycles. The van der Waals surface area contributed by atoms with Crippen LogP contribution in [-0.4, -0.2) is 16.2 Å². The third-order valence-corrected chi connectivity index (χ3v) is 3.86. The fraction of sp³-hybridized carbons (Fsp3) is 0.158. The first-order chi connectivity index (χ1) is 13.0. The summed E-state index contributed by atoms with van der Waals surface area (Å²) in [6.45, 7) is 1.96. The molecule has 0 atom stereocenters. The fourth-order valence-electron chi connectivity index (χ4n) is 2.65. The van der Waals surface area contributed by atoms with E-state index in [1.807, 2.05) is 6.92 Å². The predicted molar refractivity (Wildman–Crippen MR) is 97.0 cm³/mol. The molecule has 0 unspecified atom stereocenters. The van der Waals surface area contributed by atoms with Crippen molar-refractivity contribution in [2.24, 2.45) is 0 Å². The highest BCUT2D eigenvalue weighted by Gasteiger charge is 2.18. The Hall–Kier alpha value is -3.29. The number of aromatic amines is 1. The van der Waals surface area contributed by atoms with Crippen molar-refractivity contribution in [2.75, 3.05) is 10.6 Å². The van der Waals surface area contributed by atoms with Gasteiger partial charge in [-0.2, -0.15) is 5.10 Å². The number of H-pyrrole nitrogens is 1. The SMILES string of the molecule is CCCc1[nH]nc(-c2cccc(F)c2)c1NC(=O)Nc1ccc(F)cc1F. The third kappa shape index (κ3) is 4.28. The van der Waals surface area contributed by atoms with Crippen molar-refractivity contribution >= 4 is 17.4 Å². The van der Waals surface area contributed by atoms with Gasteiger partial charge in [0.15, 0.2) is 0 Å². The number of benzene rings is 2. The fourth-order valence-corrected chi connectivity index (χ4v) is 2.65. The number of anilines is 2. The summed E-state index contributed by atoms with van der Waals surface area (Å²) in [6.07, 6.45) is 1.39. The molecule has 0 radical (unpaired) electrons. The Bertz CT molecular complexity index is 971. The molecule has 2 aromatic carbocycles. The van der Waals surface area contributed by atoms with Gasteiger partial charge in [0.1, 0.15) is 23.1 Å². The van der Waals surface area contributed by atoms with Gasteiger partial charge in [0, 0.05) is 11.6 Å².